The lowest BCUT2D eigenvalue weighted by Gasteiger charge is -2.34. The molecule has 0 atom stereocenters. The first kappa shape index (κ1) is 19.1. The van der Waals surface area contributed by atoms with Crippen LogP contribution in [0.3, 0.4) is 0 Å². The van der Waals surface area contributed by atoms with Crippen LogP contribution in [0.5, 0.6) is 5.75 Å². The zero-order valence-electron chi connectivity index (χ0n) is 14.0. The average Bonchev–Trinajstić information content (AvgIpc) is 2.63. The molecule has 2 aromatic carbocycles. The molecule has 0 bridgehead atoms. The van der Waals surface area contributed by atoms with Crippen LogP contribution < -0.4 is 14.5 Å². The Morgan fingerprint density at radius 3 is 1.68 bits per heavy atom. The van der Waals surface area contributed by atoms with Gasteiger partial charge in [0.25, 0.3) is 5.69 Å². The second-order valence-corrected chi connectivity index (χ2v) is 5.77. The van der Waals surface area contributed by atoms with Crippen molar-refractivity contribution in [1.29, 1.82) is 0 Å². The largest absolute Gasteiger partial charge is 0.573 e. The smallest absolute Gasteiger partial charge is 0.406 e. The summed E-state index contributed by atoms with van der Waals surface area (Å²) in [7, 11) is 0. The van der Waals surface area contributed by atoms with Gasteiger partial charge in [-0.3, -0.25) is 19.7 Å². The van der Waals surface area contributed by atoms with E-state index in [9.17, 15) is 32.9 Å². The van der Waals surface area contributed by atoms with Gasteiger partial charge in [0.2, 0.25) is 11.8 Å². The number of anilines is 2. The number of hydrogen-bond donors (Lipinski definition) is 0. The third-order valence-electron chi connectivity index (χ3n) is 3.94. The van der Waals surface area contributed by atoms with Gasteiger partial charge in [0.1, 0.15) is 18.8 Å². The van der Waals surface area contributed by atoms with E-state index in [2.05, 4.69) is 4.74 Å². The Bertz CT molecular complexity index is 913. The van der Waals surface area contributed by atoms with E-state index in [4.69, 9.17) is 0 Å². The van der Waals surface area contributed by atoms with Gasteiger partial charge in [-0.25, -0.2) is 0 Å². The molecule has 1 aliphatic rings. The van der Waals surface area contributed by atoms with Gasteiger partial charge in [0.05, 0.1) is 4.92 Å². The fourth-order valence-electron chi connectivity index (χ4n) is 2.67. The summed E-state index contributed by atoms with van der Waals surface area (Å²) >= 11 is 0. The maximum Gasteiger partial charge on any atom is 0.573 e. The van der Waals surface area contributed by atoms with Crippen molar-refractivity contribution in [3.63, 3.8) is 0 Å². The highest BCUT2D eigenvalue weighted by Crippen LogP contribution is 2.27. The molecule has 2 aromatic rings. The summed E-state index contributed by atoms with van der Waals surface area (Å²) in [4.78, 5) is 37.3. The molecule has 0 aromatic heterocycles. The van der Waals surface area contributed by atoms with E-state index < -0.39 is 28.8 Å². The zero-order chi connectivity index (χ0) is 20.5. The van der Waals surface area contributed by atoms with Crippen molar-refractivity contribution in [1.82, 2.24) is 0 Å². The molecule has 0 saturated carbocycles. The van der Waals surface area contributed by atoms with Crippen molar-refractivity contribution in [3.05, 3.63) is 58.6 Å². The van der Waals surface area contributed by atoms with E-state index in [0.29, 0.717) is 5.69 Å². The fourth-order valence-corrected chi connectivity index (χ4v) is 2.67. The van der Waals surface area contributed by atoms with Gasteiger partial charge in [0.15, 0.2) is 0 Å². The summed E-state index contributed by atoms with van der Waals surface area (Å²) in [6, 6.07) is 9.75. The maximum atomic E-state index is 12.4. The van der Waals surface area contributed by atoms with Crippen LogP contribution >= 0.6 is 0 Å². The van der Waals surface area contributed by atoms with Gasteiger partial charge >= 0.3 is 6.36 Å². The molecule has 1 aliphatic heterocycles. The van der Waals surface area contributed by atoms with Crippen LogP contribution in [-0.2, 0) is 9.59 Å². The highest BCUT2D eigenvalue weighted by molar-refractivity contribution is 6.12. The SMILES string of the molecule is O=C1CN(c2ccc([N+](=O)[O-])cc2)C(=O)CN1c1ccc(OC(F)(F)F)cc1. The highest BCUT2D eigenvalue weighted by Gasteiger charge is 2.33. The second-order valence-electron chi connectivity index (χ2n) is 5.77. The number of amides is 2. The van der Waals surface area contributed by atoms with E-state index >= 15 is 0 Å². The Morgan fingerprint density at radius 1 is 0.857 bits per heavy atom. The predicted molar refractivity (Wildman–Crippen MR) is 90.9 cm³/mol. The Balaban J connectivity index is 1.73. The predicted octanol–water partition coefficient (Wildman–Crippen LogP) is 2.87. The van der Waals surface area contributed by atoms with Crippen LogP contribution in [-0.4, -0.2) is 36.2 Å². The molecule has 3 rings (SSSR count). The van der Waals surface area contributed by atoms with Crippen LogP contribution in [0.4, 0.5) is 30.2 Å². The Morgan fingerprint density at radius 2 is 1.29 bits per heavy atom. The number of carbonyl (C=O) groups is 2. The number of piperazine rings is 1. The first-order valence-electron chi connectivity index (χ1n) is 7.85. The second kappa shape index (κ2) is 7.18. The molecule has 1 heterocycles. The third-order valence-corrected chi connectivity index (χ3v) is 3.94. The lowest BCUT2D eigenvalue weighted by atomic mass is 10.2. The first-order valence-corrected chi connectivity index (χ1v) is 7.85. The molecule has 1 saturated heterocycles. The van der Waals surface area contributed by atoms with Gasteiger partial charge in [0, 0.05) is 23.5 Å². The van der Waals surface area contributed by atoms with Crippen LogP contribution in [0.15, 0.2) is 48.5 Å². The number of nitro groups is 1. The van der Waals surface area contributed by atoms with Crippen molar-refractivity contribution >= 4 is 28.9 Å². The van der Waals surface area contributed by atoms with Crippen molar-refractivity contribution in [2.24, 2.45) is 0 Å². The molecule has 1 fully saturated rings. The standard InChI is InChI=1S/C17H12F3N3O5/c18-17(19,20)28-14-7-5-12(6-8-14)22-10-15(24)21(9-16(22)25)11-1-3-13(4-2-11)23(26)27/h1-8H,9-10H2. The van der Waals surface area contributed by atoms with E-state index in [1.165, 1.54) is 41.3 Å². The fraction of sp³-hybridized carbons (Fsp3) is 0.176. The summed E-state index contributed by atoms with van der Waals surface area (Å²) in [5.41, 5.74) is 0.427. The third kappa shape index (κ3) is 4.19. The molecule has 8 nitrogen and oxygen atoms in total. The summed E-state index contributed by atoms with van der Waals surface area (Å²) in [6.45, 7) is -0.632. The number of carbonyl (C=O) groups excluding carboxylic acids is 2. The van der Waals surface area contributed by atoms with E-state index in [1.807, 2.05) is 0 Å². The molecule has 0 spiro atoms. The average molecular weight is 395 g/mol. The molecule has 28 heavy (non-hydrogen) atoms. The molecular weight excluding hydrogens is 383 g/mol. The minimum Gasteiger partial charge on any atom is -0.406 e. The molecule has 146 valence electrons. The topological polar surface area (TPSA) is 93.0 Å². The number of nitro benzene ring substituents is 1. The molecular formula is C17H12F3N3O5. The normalized spacial score (nSPS) is 15.0. The lowest BCUT2D eigenvalue weighted by molar-refractivity contribution is -0.384. The van der Waals surface area contributed by atoms with Gasteiger partial charge in [-0.15, -0.1) is 13.2 Å². The quantitative estimate of drug-likeness (QED) is 0.586. The van der Waals surface area contributed by atoms with Crippen LogP contribution in [0.1, 0.15) is 0 Å². The zero-order valence-corrected chi connectivity index (χ0v) is 14.0. The number of ether oxygens (including phenoxy) is 1. The van der Waals surface area contributed by atoms with Crippen molar-refractivity contribution in [2.75, 3.05) is 22.9 Å². The maximum absolute atomic E-state index is 12.4. The van der Waals surface area contributed by atoms with E-state index in [0.717, 1.165) is 17.0 Å². The van der Waals surface area contributed by atoms with E-state index in [-0.39, 0.29) is 24.5 Å². The Kier molecular flexibility index (Phi) is 4.91. The minimum atomic E-state index is -4.83. The minimum absolute atomic E-state index is 0.151. The van der Waals surface area contributed by atoms with Crippen LogP contribution in [0, 0.1) is 10.1 Å². The molecule has 0 aliphatic carbocycles. The molecule has 2 amide bonds. The monoisotopic (exact) mass is 395 g/mol. The van der Waals surface area contributed by atoms with Crippen LogP contribution in [0.2, 0.25) is 0 Å². The number of rotatable bonds is 4. The highest BCUT2D eigenvalue weighted by atomic mass is 19.4. The van der Waals surface area contributed by atoms with Crippen LogP contribution in [0.25, 0.3) is 0 Å². The van der Waals surface area contributed by atoms with Crippen molar-refractivity contribution in [3.8, 4) is 5.75 Å². The molecule has 11 heteroatoms. The Labute approximate surface area is 155 Å². The number of halogens is 3. The lowest BCUT2D eigenvalue weighted by Crippen LogP contribution is -2.54. The number of nitrogens with zero attached hydrogens (tertiary/aromatic N) is 3. The summed E-state index contributed by atoms with van der Waals surface area (Å²) < 4.78 is 40.4. The van der Waals surface area contributed by atoms with Gasteiger partial charge in [-0.1, -0.05) is 0 Å². The van der Waals surface area contributed by atoms with Crippen molar-refractivity contribution in [2.45, 2.75) is 6.36 Å². The molecule has 0 unspecified atom stereocenters. The summed E-state index contributed by atoms with van der Waals surface area (Å²) in [5.74, 6) is -1.34. The van der Waals surface area contributed by atoms with Gasteiger partial charge < -0.3 is 14.5 Å². The molecule has 0 N–H and O–H groups in total. The Hall–Kier alpha value is -3.63. The number of non-ortho nitro benzene ring substituents is 1. The van der Waals surface area contributed by atoms with Gasteiger partial charge in [-0.05, 0) is 36.4 Å². The summed E-state index contributed by atoms with van der Waals surface area (Å²) in [6.07, 6.45) is -4.83. The number of benzene rings is 2. The number of hydrogen-bond acceptors (Lipinski definition) is 5. The first-order chi connectivity index (χ1) is 13.1. The van der Waals surface area contributed by atoms with E-state index in [1.54, 1.807) is 0 Å². The van der Waals surface area contributed by atoms with Crippen molar-refractivity contribution < 1.29 is 32.4 Å². The molecule has 0 radical (unpaired) electrons. The number of alkyl halides is 3. The van der Waals surface area contributed by atoms with Gasteiger partial charge in [-0.2, -0.15) is 0 Å². The summed E-state index contributed by atoms with van der Waals surface area (Å²) in [5, 5.41) is 10.7.